The van der Waals surface area contributed by atoms with E-state index in [2.05, 4.69) is 41.8 Å². The van der Waals surface area contributed by atoms with Gasteiger partial charge in [-0.1, -0.05) is 24.3 Å². The molecule has 0 radical (unpaired) electrons. The van der Waals surface area contributed by atoms with Crippen LogP contribution in [0.25, 0.3) is 0 Å². The fraction of sp³-hybridized carbons (Fsp3) is 0.562. The first kappa shape index (κ1) is 14.0. The van der Waals surface area contributed by atoms with Gasteiger partial charge < -0.3 is 10.6 Å². The zero-order chi connectivity index (χ0) is 14.0. The summed E-state index contributed by atoms with van der Waals surface area (Å²) >= 11 is 1.99. The molecule has 20 heavy (non-hydrogen) atoms. The van der Waals surface area contributed by atoms with E-state index < -0.39 is 0 Å². The summed E-state index contributed by atoms with van der Waals surface area (Å²) in [5.74, 6) is 1.37. The summed E-state index contributed by atoms with van der Waals surface area (Å²) in [6.45, 7) is 3.84. The minimum atomic E-state index is -0.0834. The molecule has 2 heterocycles. The second-order valence-corrected chi connectivity index (χ2v) is 7.71. The van der Waals surface area contributed by atoms with Crippen LogP contribution >= 0.6 is 11.8 Å². The number of amides is 1. The fourth-order valence-electron chi connectivity index (χ4n) is 3.01. The second-order valence-electron chi connectivity index (χ2n) is 6.03. The topological polar surface area (TPSA) is 41.1 Å². The molecule has 1 amide bonds. The van der Waals surface area contributed by atoms with Crippen molar-refractivity contribution in [2.24, 2.45) is 0 Å². The predicted molar refractivity (Wildman–Crippen MR) is 83.9 cm³/mol. The molecule has 2 N–H and O–H groups in total. The molecule has 0 aromatic heterocycles. The molecule has 1 aromatic carbocycles. The maximum Gasteiger partial charge on any atom is 0.237 e. The van der Waals surface area contributed by atoms with Gasteiger partial charge in [0.1, 0.15) is 0 Å². The first-order valence-corrected chi connectivity index (χ1v) is 8.37. The largest absolute Gasteiger partial charge is 0.353 e. The highest BCUT2D eigenvalue weighted by molar-refractivity contribution is 8.00. The Bertz CT molecular complexity index is 497. The monoisotopic (exact) mass is 290 g/mol. The van der Waals surface area contributed by atoms with E-state index in [1.807, 2.05) is 11.8 Å². The molecule has 108 valence electrons. The lowest BCUT2D eigenvalue weighted by molar-refractivity contribution is -0.123. The standard InChI is InChI=1S/C16H22N2OS/c1-16(7-4-8-20-16)11-18-15(19)14-9-12-5-2-3-6-13(12)10-17-14/h2-3,5-6,14,17H,4,7-11H2,1H3,(H,18,19). The lowest BCUT2D eigenvalue weighted by atomic mass is 9.95. The van der Waals surface area contributed by atoms with E-state index in [0.29, 0.717) is 0 Å². The van der Waals surface area contributed by atoms with Crippen LogP contribution in [0.5, 0.6) is 0 Å². The Morgan fingerprint density at radius 1 is 1.45 bits per heavy atom. The molecule has 2 atom stereocenters. The highest BCUT2D eigenvalue weighted by Gasteiger charge is 2.31. The molecule has 1 fully saturated rings. The van der Waals surface area contributed by atoms with Crippen LogP contribution in [-0.2, 0) is 17.8 Å². The normalized spacial score (nSPS) is 28.9. The Hall–Kier alpha value is -1.00. The number of benzene rings is 1. The Labute approximate surface area is 124 Å². The van der Waals surface area contributed by atoms with Gasteiger partial charge >= 0.3 is 0 Å². The van der Waals surface area contributed by atoms with E-state index in [-0.39, 0.29) is 16.7 Å². The fourth-order valence-corrected chi connectivity index (χ4v) is 4.26. The highest BCUT2D eigenvalue weighted by atomic mass is 32.2. The molecule has 2 aliphatic rings. The van der Waals surface area contributed by atoms with Crippen LogP contribution < -0.4 is 10.6 Å². The summed E-state index contributed by atoms with van der Waals surface area (Å²) in [5.41, 5.74) is 2.61. The van der Waals surface area contributed by atoms with Gasteiger partial charge in [0.2, 0.25) is 5.91 Å². The molecule has 2 aliphatic heterocycles. The van der Waals surface area contributed by atoms with Gasteiger partial charge in [-0.2, -0.15) is 11.8 Å². The van der Waals surface area contributed by atoms with Crippen LogP contribution in [0, 0.1) is 0 Å². The van der Waals surface area contributed by atoms with Crippen molar-refractivity contribution in [2.75, 3.05) is 12.3 Å². The number of hydrogen-bond acceptors (Lipinski definition) is 3. The number of nitrogens with one attached hydrogen (secondary N) is 2. The Morgan fingerprint density at radius 2 is 2.25 bits per heavy atom. The van der Waals surface area contributed by atoms with Crippen molar-refractivity contribution in [3.8, 4) is 0 Å². The Balaban J connectivity index is 1.56. The molecular weight excluding hydrogens is 268 g/mol. The van der Waals surface area contributed by atoms with Gasteiger partial charge in [0.05, 0.1) is 6.04 Å². The van der Waals surface area contributed by atoms with Crippen LogP contribution in [0.15, 0.2) is 24.3 Å². The maximum atomic E-state index is 12.3. The lowest BCUT2D eigenvalue weighted by Gasteiger charge is -2.28. The lowest BCUT2D eigenvalue weighted by Crippen LogP contribution is -2.50. The number of fused-ring (bicyclic) bond motifs is 1. The number of thioether (sulfide) groups is 1. The Kier molecular flexibility index (Phi) is 4.03. The molecule has 0 aliphatic carbocycles. The number of carbonyl (C=O) groups is 1. The van der Waals surface area contributed by atoms with Gasteiger partial charge in [0.15, 0.2) is 0 Å². The zero-order valence-electron chi connectivity index (χ0n) is 11.9. The third kappa shape index (κ3) is 3.01. The van der Waals surface area contributed by atoms with Crippen molar-refractivity contribution in [3.05, 3.63) is 35.4 Å². The molecule has 1 aromatic rings. The maximum absolute atomic E-state index is 12.3. The minimum Gasteiger partial charge on any atom is -0.353 e. The average molecular weight is 290 g/mol. The number of carbonyl (C=O) groups excluding carboxylic acids is 1. The molecule has 0 saturated carbocycles. The SMILES string of the molecule is CC1(CNC(=O)C2Cc3ccccc3CN2)CCCS1. The smallest absolute Gasteiger partial charge is 0.237 e. The van der Waals surface area contributed by atoms with Crippen molar-refractivity contribution in [1.29, 1.82) is 0 Å². The highest BCUT2D eigenvalue weighted by Crippen LogP contribution is 2.36. The van der Waals surface area contributed by atoms with Crippen molar-refractivity contribution in [2.45, 2.75) is 43.5 Å². The summed E-state index contributed by atoms with van der Waals surface area (Å²) in [4.78, 5) is 12.3. The molecule has 3 rings (SSSR count). The van der Waals surface area contributed by atoms with Crippen LogP contribution in [0.2, 0.25) is 0 Å². The molecule has 0 spiro atoms. The van der Waals surface area contributed by atoms with E-state index in [1.165, 1.54) is 29.7 Å². The Morgan fingerprint density at radius 3 is 3.00 bits per heavy atom. The van der Waals surface area contributed by atoms with Gasteiger partial charge in [-0.25, -0.2) is 0 Å². The van der Waals surface area contributed by atoms with Crippen LogP contribution in [0.1, 0.15) is 30.9 Å². The molecular formula is C16H22N2OS. The quantitative estimate of drug-likeness (QED) is 0.896. The van der Waals surface area contributed by atoms with Crippen molar-refractivity contribution < 1.29 is 4.79 Å². The zero-order valence-corrected chi connectivity index (χ0v) is 12.8. The van der Waals surface area contributed by atoms with E-state index in [4.69, 9.17) is 0 Å². The second kappa shape index (κ2) is 5.78. The average Bonchev–Trinajstić information content (AvgIpc) is 2.91. The molecule has 0 bridgehead atoms. The van der Waals surface area contributed by atoms with E-state index in [0.717, 1.165) is 19.5 Å². The first-order chi connectivity index (χ1) is 9.66. The molecule has 2 unspecified atom stereocenters. The molecule has 3 nitrogen and oxygen atoms in total. The summed E-state index contributed by atoms with van der Waals surface area (Å²) in [6.07, 6.45) is 3.27. The van der Waals surface area contributed by atoms with Gasteiger partial charge in [-0.15, -0.1) is 0 Å². The van der Waals surface area contributed by atoms with E-state index in [1.54, 1.807) is 0 Å². The number of rotatable bonds is 3. The summed E-state index contributed by atoms with van der Waals surface area (Å²) in [7, 11) is 0. The van der Waals surface area contributed by atoms with Crippen molar-refractivity contribution in [3.63, 3.8) is 0 Å². The van der Waals surface area contributed by atoms with Crippen LogP contribution in [0.3, 0.4) is 0 Å². The van der Waals surface area contributed by atoms with Crippen LogP contribution in [0.4, 0.5) is 0 Å². The first-order valence-electron chi connectivity index (χ1n) is 7.38. The summed E-state index contributed by atoms with van der Waals surface area (Å²) in [5, 5.41) is 6.49. The summed E-state index contributed by atoms with van der Waals surface area (Å²) < 4.78 is 0.238. The van der Waals surface area contributed by atoms with Gasteiger partial charge in [-0.3, -0.25) is 4.79 Å². The van der Waals surface area contributed by atoms with Gasteiger partial charge in [-0.05, 0) is 43.1 Å². The predicted octanol–water partition coefficient (Wildman–Crippen LogP) is 2.10. The third-order valence-corrected chi connectivity index (χ3v) is 5.87. The van der Waals surface area contributed by atoms with Gasteiger partial charge in [0, 0.05) is 17.8 Å². The third-order valence-electron chi connectivity index (χ3n) is 4.33. The minimum absolute atomic E-state index is 0.0834. The number of hydrogen-bond donors (Lipinski definition) is 2. The van der Waals surface area contributed by atoms with Crippen molar-refractivity contribution >= 4 is 17.7 Å². The molecule has 4 heteroatoms. The van der Waals surface area contributed by atoms with Crippen molar-refractivity contribution in [1.82, 2.24) is 10.6 Å². The summed E-state index contributed by atoms with van der Waals surface area (Å²) in [6, 6.07) is 8.28. The van der Waals surface area contributed by atoms with Gasteiger partial charge in [0.25, 0.3) is 0 Å². The molecule has 1 saturated heterocycles. The van der Waals surface area contributed by atoms with E-state index in [9.17, 15) is 4.79 Å². The van der Waals surface area contributed by atoms with E-state index >= 15 is 0 Å². The van der Waals surface area contributed by atoms with Crippen LogP contribution in [-0.4, -0.2) is 29.0 Å².